The van der Waals surface area contributed by atoms with E-state index in [-0.39, 0.29) is 5.76 Å². The number of hydrogen-bond acceptors (Lipinski definition) is 4. The third kappa shape index (κ3) is 1.77. The van der Waals surface area contributed by atoms with Crippen LogP contribution in [0, 0.1) is 0 Å². The molecule has 2 rings (SSSR count). The average Bonchev–Trinajstić information content (AvgIpc) is 2.75. The topological polar surface area (TPSA) is 68.9 Å². The van der Waals surface area contributed by atoms with E-state index in [4.69, 9.17) is 19.0 Å². The molecular weight excluding hydrogens is 236 g/mol. The van der Waals surface area contributed by atoms with Crippen LogP contribution in [0.4, 0.5) is 0 Å². The van der Waals surface area contributed by atoms with Crippen molar-refractivity contribution in [3.05, 3.63) is 23.5 Å². The van der Waals surface area contributed by atoms with Crippen molar-refractivity contribution in [2.24, 2.45) is 0 Å². The fourth-order valence-corrected chi connectivity index (χ4v) is 2.02. The summed E-state index contributed by atoms with van der Waals surface area (Å²) in [5.41, 5.74) is 1.09. The Balaban J connectivity index is 2.83. The molecule has 1 aromatic heterocycles. The lowest BCUT2D eigenvalue weighted by molar-refractivity contribution is 0.0663. The van der Waals surface area contributed by atoms with E-state index in [1.54, 1.807) is 12.1 Å². The van der Waals surface area contributed by atoms with Gasteiger partial charge in [-0.2, -0.15) is 0 Å². The van der Waals surface area contributed by atoms with Crippen molar-refractivity contribution in [1.82, 2.24) is 0 Å². The van der Waals surface area contributed by atoms with Gasteiger partial charge in [-0.1, -0.05) is 6.92 Å². The molecule has 1 aromatic carbocycles. The van der Waals surface area contributed by atoms with E-state index in [0.717, 1.165) is 0 Å². The lowest BCUT2D eigenvalue weighted by Gasteiger charge is -2.05. The summed E-state index contributed by atoms with van der Waals surface area (Å²) in [6, 6.07) is 3.37. The smallest absolute Gasteiger partial charge is 0.372 e. The van der Waals surface area contributed by atoms with Crippen LogP contribution in [0.5, 0.6) is 11.5 Å². The Kier molecular flexibility index (Phi) is 3.14. The van der Waals surface area contributed by atoms with Crippen molar-refractivity contribution in [3.8, 4) is 11.5 Å². The maximum absolute atomic E-state index is 11.1. The average molecular weight is 250 g/mol. The van der Waals surface area contributed by atoms with Crippen molar-refractivity contribution in [1.29, 1.82) is 0 Å². The first-order valence-corrected chi connectivity index (χ1v) is 5.53. The van der Waals surface area contributed by atoms with Crippen LogP contribution in [0.25, 0.3) is 11.0 Å². The zero-order valence-electron chi connectivity index (χ0n) is 10.4. The molecule has 0 spiro atoms. The Bertz CT molecular complexity index is 597. The largest absolute Gasteiger partial charge is 0.496 e. The van der Waals surface area contributed by atoms with Crippen molar-refractivity contribution >= 4 is 16.9 Å². The number of benzene rings is 1. The van der Waals surface area contributed by atoms with Crippen LogP contribution in [0.3, 0.4) is 0 Å². The van der Waals surface area contributed by atoms with E-state index < -0.39 is 5.97 Å². The summed E-state index contributed by atoms with van der Waals surface area (Å²) in [4.78, 5) is 11.1. The van der Waals surface area contributed by atoms with E-state index in [9.17, 15) is 4.79 Å². The fourth-order valence-electron chi connectivity index (χ4n) is 2.02. The molecular formula is C13H14O5. The molecule has 5 heteroatoms. The van der Waals surface area contributed by atoms with Gasteiger partial charge in [0.25, 0.3) is 0 Å². The van der Waals surface area contributed by atoms with Crippen LogP contribution >= 0.6 is 0 Å². The molecule has 0 radical (unpaired) electrons. The molecule has 5 nitrogen and oxygen atoms in total. The molecule has 18 heavy (non-hydrogen) atoms. The molecule has 1 N–H and O–H groups in total. The lowest BCUT2D eigenvalue weighted by Crippen LogP contribution is -1.98. The van der Waals surface area contributed by atoms with Gasteiger partial charge in [-0.3, -0.25) is 0 Å². The highest BCUT2D eigenvalue weighted by atomic mass is 16.5. The Morgan fingerprint density at radius 2 is 2.06 bits per heavy atom. The predicted octanol–water partition coefficient (Wildman–Crippen LogP) is 2.71. The number of fused-ring (bicyclic) bond motifs is 1. The van der Waals surface area contributed by atoms with Gasteiger partial charge >= 0.3 is 5.97 Å². The highest BCUT2D eigenvalue weighted by Gasteiger charge is 2.22. The van der Waals surface area contributed by atoms with E-state index in [0.29, 0.717) is 34.5 Å². The Labute approximate surface area is 104 Å². The number of aromatic carboxylic acids is 1. The highest BCUT2D eigenvalue weighted by molar-refractivity contribution is 5.98. The van der Waals surface area contributed by atoms with Crippen LogP contribution in [0.2, 0.25) is 0 Å². The maximum atomic E-state index is 11.1. The first-order chi connectivity index (χ1) is 8.62. The third-order valence-electron chi connectivity index (χ3n) is 2.83. The number of furan rings is 1. The first-order valence-electron chi connectivity index (χ1n) is 5.53. The second kappa shape index (κ2) is 4.60. The summed E-state index contributed by atoms with van der Waals surface area (Å²) in [6.07, 6.45) is 0.553. The molecule has 0 saturated carbocycles. The lowest BCUT2D eigenvalue weighted by atomic mass is 10.1. The molecule has 1 heterocycles. The normalized spacial score (nSPS) is 10.6. The number of rotatable bonds is 4. The molecule has 0 aliphatic carbocycles. The van der Waals surface area contributed by atoms with Gasteiger partial charge in [0.2, 0.25) is 5.76 Å². The van der Waals surface area contributed by atoms with Crippen molar-refractivity contribution in [2.75, 3.05) is 14.2 Å². The van der Waals surface area contributed by atoms with E-state index in [1.807, 2.05) is 6.92 Å². The van der Waals surface area contributed by atoms with Crippen molar-refractivity contribution < 1.29 is 23.8 Å². The van der Waals surface area contributed by atoms with Gasteiger partial charge in [0.1, 0.15) is 17.1 Å². The zero-order valence-corrected chi connectivity index (χ0v) is 10.4. The summed E-state index contributed by atoms with van der Waals surface area (Å²) in [7, 11) is 3.06. The Hall–Kier alpha value is -2.17. The zero-order chi connectivity index (χ0) is 13.3. The minimum absolute atomic E-state index is 0.0425. The Morgan fingerprint density at radius 1 is 1.33 bits per heavy atom. The maximum Gasteiger partial charge on any atom is 0.372 e. The monoisotopic (exact) mass is 250 g/mol. The molecule has 0 unspecified atom stereocenters. The number of carbonyl (C=O) groups is 1. The highest BCUT2D eigenvalue weighted by Crippen LogP contribution is 2.37. The number of carboxylic acid groups (broad SMARTS) is 1. The third-order valence-corrected chi connectivity index (χ3v) is 2.83. The summed E-state index contributed by atoms with van der Waals surface area (Å²) in [6.45, 7) is 1.88. The summed E-state index contributed by atoms with van der Waals surface area (Å²) < 4.78 is 15.8. The number of hydrogen-bond donors (Lipinski definition) is 1. The van der Waals surface area contributed by atoms with Gasteiger partial charge in [-0.05, 0) is 6.42 Å². The molecule has 0 amide bonds. The van der Waals surface area contributed by atoms with Crippen molar-refractivity contribution in [2.45, 2.75) is 13.3 Å². The number of aryl methyl sites for hydroxylation is 1. The van der Waals surface area contributed by atoms with E-state index >= 15 is 0 Å². The van der Waals surface area contributed by atoms with Gasteiger partial charge in [-0.15, -0.1) is 0 Å². The number of carboxylic acids is 1. The van der Waals surface area contributed by atoms with E-state index in [1.165, 1.54) is 14.2 Å². The number of methoxy groups -OCH3 is 2. The summed E-state index contributed by atoms with van der Waals surface area (Å²) >= 11 is 0. The summed E-state index contributed by atoms with van der Waals surface area (Å²) in [5, 5.41) is 9.81. The standard InChI is InChI=1S/C13H14O5/c1-4-8-11-9(17-3)5-7(16-2)6-10(11)18-12(8)13(14)15/h5-6H,4H2,1-3H3,(H,14,15). The molecule has 0 aliphatic rings. The van der Waals surface area contributed by atoms with Crippen LogP contribution in [0.15, 0.2) is 16.5 Å². The molecule has 0 bridgehead atoms. The molecule has 2 aromatic rings. The van der Waals surface area contributed by atoms with Gasteiger partial charge in [0.15, 0.2) is 0 Å². The van der Waals surface area contributed by atoms with Crippen LogP contribution in [-0.2, 0) is 6.42 Å². The minimum atomic E-state index is -1.08. The second-order valence-electron chi connectivity index (χ2n) is 3.77. The van der Waals surface area contributed by atoms with Gasteiger partial charge in [-0.25, -0.2) is 4.79 Å². The number of ether oxygens (including phenoxy) is 2. The predicted molar refractivity (Wildman–Crippen MR) is 65.7 cm³/mol. The molecule has 0 fully saturated rings. The van der Waals surface area contributed by atoms with Gasteiger partial charge in [0.05, 0.1) is 19.6 Å². The van der Waals surface area contributed by atoms with Crippen molar-refractivity contribution in [3.63, 3.8) is 0 Å². The molecule has 0 atom stereocenters. The molecule has 96 valence electrons. The van der Waals surface area contributed by atoms with Gasteiger partial charge < -0.3 is 19.0 Å². The molecule has 0 aliphatic heterocycles. The van der Waals surface area contributed by atoms with Crippen LogP contribution < -0.4 is 9.47 Å². The SMILES string of the molecule is CCc1c(C(=O)O)oc2cc(OC)cc(OC)c12. The first kappa shape index (κ1) is 12.3. The Morgan fingerprint density at radius 3 is 2.56 bits per heavy atom. The fraction of sp³-hybridized carbons (Fsp3) is 0.308. The van der Waals surface area contributed by atoms with Crippen LogP contribution in [0.1, 0.15) is 23.0 Å². The van der Waals surface area contributed by atoms with E-state index in [2.05, 4.69) is 0 Å². The van der Waals surface area contributed by atoms with Gasteiger partial charge in [0, 0.05) is 17.7 Å². The minimum Gasteiger partial charge on any atom is -0.496 e. The summed E-state index contributed by atoms with van der Waals surface area (Å²) in [5.74, 6) is -0.00624. The molecule has 0 saturated heterocycles. The van der Waals surface area contributed by atoms with Crippen LogP contribution in [-0.4, -0.2) is 25.3 Å². The quantitative estimate of drug-likeness (QED) is 0.903. The second-order valence-corrected chi connectivity index (χ2v) is 3.77.